The van der Waals surface area contributed by atoms with Gasteiger partial charge in [0.1, 0.15) is 11.5 Å². The molecule has 0 aliphatic carbocycles. The second-order valence-electron chi connectivity index (χ2n) is 7.51. The lowest BCUT2D eigenvalue weighted by atomic mass is 10.1. The Morgan fingerprint density at radius 3 is 3.04 bits per heavy atom. The number of nitrogens with zero attached hydrogens (tertiary/aromatic N) is 2. The van der Waals surface area contributed by atoms with Crippen LogP contribution in [-0.4, -0.2) is 47.4 Å². The van der Waals surface area contributed by atoms with E-state index in [-0.39, 0.29) is 18.2 Å². The fraction of sp³-hybridized carbons (Fsp3) is 0.550. The van der Waals surface area contributed by atoms with Crippen LogP contribution in [0.2, 0.25) is 0 Å². The second kappa shape index (κ2) is 9.34. The van der Waals surface area contributed by atoms with E-state index in [4.69, 9.17) is 4.42 Å². The number of hydrogen-bond donors (Lipinski definition) is 2. The number of aryl methyl sites for hydroxylation is 1. The Balaban J connectivity index is 1.56. The Morgan fingerprint density at radius 2 is 2.32 bits per heavy atom. The van der Waals surface area contributed by atoms with E-state index in [1.165, 1.54) is 0 Å². The Hall–Kier alpha value is -2.19. The number of amides is 2. The predicted molar refractivity (Wildman–Crippen MR) is 109 cm³/mol. The molecule has 1 aliphatic rings. The number of carbonyl (C=O) groups is 2. The van der Waals surface area contributed by atoms with Gasteiger partial charge in [-0.15, -0.1) is 11.3 Å². The van der Waals surface area contributed by atoms with Crippen molar-refractivity contribution >= 4 is 23.2 Å². The van der Waals surface area contributed by atoms with Gasteiger partial charge >= 0.3 is 0 Å². The number of carbonyl (C=O) groups excluding carboxylic acids is 2. The van der Waals surface area contributed by atoms with Crippen LogP contribution in [0.5, 0.6) is 0 Å². The summed E-state index contributed by atoms with van der Waals surface area (Å²) >= 11 is 1.56. The molecular weight excluding hydrogens is 376 g/mol. The molecule has 3 heterocycles. The third-order valence-electron chi connectivity index (χ3n) is 4.89. The summed E-state index contributed by atoms with van der Waals surface area (Å²) in [6.45, 7) is 8.71. The van der Waals surface area contributed by atoms with Gasteiger partial charge in [-0.3, -0.25) is 14.5 Å². The standard InChI is InChI=1S/C20H28N4O3S/c1-13(2)6-8-24-9-7-21-19(26)16(24)11-18(25)22-12-15-14(3)27-20(23-15)17-5-4-10-28-17/h4-5,10,13,16H,6-9,11-12H2,1-3H3,(H,21,26)(H,22,25). The number of hydrogen-bond acceptors (Lipinski definition) is 6. The molecule has 1 saturated heterocycles. The Labute approximate surface area is 169 Å². The predicted octanol–water partition coefficient (Wildman–Crippen LogP) is 2.56. The molecule has 3 rings (SSSR count). The molecule has 0 radical (unpaired) electrons. The molecular formula is C20H28N4O3S. The van der Waals surface area contributed by atoms with Gasteiger partial charge in [0.25, 0.3) is 0 Å². The van der Waals surface area contributed by atoms with Crippen LogP contribution in [0.1, 0.15) is 38.1 Å². The van der Waals surface area contributed by atoms with Crippen molar-refractivity contribution < 1.29 is 14.0 Å². The fourth-order valence-corrected chi connectivity index (χ4v) is 3.85. The largest absolute Gasteiger partial charge is 0.440 e. The molecule has 2 amide bonds. The summed E-state index contributed by atoms with van der Waals surface area (Å²) in [7, 11) is 0. The monoisotopic (exact) mass is 404 g/mol. The van der Waals surface area contributed by atoms with E-state index in [0.717, 1.165) is 24.4 Å². The number of thiophene rings is 1. The molecule has 28 heavy (non-hydrogen) atoms. The Morgan fingerprint density at radius 1 is 1.50 bits per heavy atom. The van der Waals surface area contributed by atoms with Gasteiger partial charge in [-0.25, -0.2) is 4.98 Å². The Kier molecular flexibility index (Phi) is 6.85. The van der Waals surface area contributed by atoms with Crippen LogP contribution in [0.25, 0.3) is 10.8 Å². The molecule has 2 aromatic rings. The van der Waals surface area contributed by atoms with Gasteiger partial charge in [0.05, 0.1) is 23.9 Å². The smallest absolute Gasteiger partial charge is 0.237 e. The van der Waals surface area contributed by atoms with Gasteiger partial charge in [-0.1, -0.05) is 19.9 Å². The van der Waals surface area contributed by atoms with Crippen LogP contribution in [0.4, 0.5) is 0 Å². The van der Waals surface area contributed by atoms with Gasteiger partial charge in [0.2, 0.25) is 17.7 Å². The summed E-state index contributed by atoms with van der Waals surface area (Å²) in [5.41, 5.74) is 0.710. The zero-order chi connectivity index (χ0) is 20.1. The molecule has 1 atom stereocenters. The van der Waals surface area contributed by atoms with Gasteiger partial charge in [0, 0.05) is 13.1 Å². The van der Waals surface area contributed by atoms with Crippen molar-refractivity contribution in [3.63, 3.8) is 0 Å². The lowest BCUT2D eigenvalue weighted by Crippen LogP contribution is -2.56. The quantitative estimate of drug-likeness (QED) is 0.706. The summed E-state index contributed by atoms with van der Waals surface area (Å²) in [6.07, 6.45) is 1.16. The highest BCUT2D eigenvalue weighted by atomic mass is 32.1. The minimum Gasteiger partial charge on any atom is -0.440 e. The molecule has 0 aromatic carbocycles. The maximum atomic E-state index is 12.5. The lowest BCUT2D eigenvalue weighted by Gasteiger charge is -2.35. The van der Waals surface area contributed by atoms with E-state index in [1.54, 1.807) is 11.3 Å². The van der Waals surface area contributed by atoms with Crippen molar-refractivity contribution in [2.75, 3.05) is 19.6 Å². The average Bonchev–Trinajstić information content (AvgIpc) is 3.30. The first kappa shape index (κ1) is 20.5. The molecule has 1 unspecified atom stereocenters. The summed E-state index contributed by atoms with van der Waals surface area (Å²) in [5.74, 6) is 1.60. The van der Waals surface area contributed by atoms with Crippen LogP contribution >= 0.6 is 11.3 Å². The summed E-state index contributed by atoms with van der Waals surface area (Å²) < 4.78 is 5.71. The number of oxazole rings is 1. The topological polar surface area (TPSA) is 87.5 Å². The third kappa shape index (κ3) is 5.20. The van der Waals surface area contributed by atoms with Crippen LogP contribution < -0.4 is 10.6 Å². The van der Waals surface area contributed by atoms with Crippen molar-refractivity contribution in [1.29, 1.82) is 0 Å². The number of rotatable bonds is 8. The summed E-state index contributed by atoms with van der Waals surface area (Å²) in [5, 5.41) is 7.73. The highest BCUT2D eigenvalue weighted by Gasteiger charge is 2.31. The molecule has 0 spiro atoms. The Bertz CT molecular complexity index is 800. The molecule has 2 aromatic heterocycles. The third-order valence-corrected chi connectivity index (χ3v) is 5.75. The number of piperazine rings is 1. The van der Waals surface area contributed by atoms with E-state index in [0.29, 0.717) is 36.4 Å². The van der Waals surface area contributed by atoms with Crippen LogP contribution in [0, 0.1) is 12.8 Å². The molecule has 0 bridgehead atoms. The molecule has 1 aliphatic heterocycles. The highest BCUT2D eigenvalue weighted by Crippen LogP contribution is 2.25. The minimum atomic E-state index is -0.410. The van der Waals surface area contributed by atoms with Gasteiger partial charge in [-0.2, -0.15) is 0 Å². The van der Waals surface area contributed by atoms with E-state index >= 15 is 0 Å². The first-order valence-corrected chi connectivity index (χ1v) is 10.6. The van der Waals surface area contributed by atoms with Crippen LogP contribution in [-0.2, 0) is 16.1 Å². The number of aromatic nitrogens is 1. The zero-order valence-corrected chi connectivity index (χ0v) is 17.5. The molecule has 2 N–H and O–H groups in total. The molecule has 8 heteroatoms. The summed E-state index contributed by atoms with van der Waals surface area (Å²) in [6, 6.07) is 3.49. The van der Waals surface area contributed by atoms with Crippen LogP contribution in [0.3, 0.4) is 0 Å². The SMILES string of the molecule is Cc1oc(-c2cccs2)nc1CNC(=O)CC1C(=O)NCCN1CCC(C)C. The van der Waals surface area contributed by atoms with Gasteiger partial charge in [-0.05, 0) is 37.3 Å². The summed E-state index contributed by atoms with van der Waals surface area (Å²) in [4.78, 5) is 32.3. The van der Waals surface area contributed by atoms with E-state index in [9.17, 15) is 9.59 Å². The maximum Gasteiger partial charge on any atom is 0.237 e. The van der Waals surface area contributed by atoms with Gasteiger partial charge < -0.3 is 15.1 Å². The van der Waals surface area contributed by atoms with Crippen molar-refractivity contribution in [3.8, 4) is 10.8 Å². The minimum absolute atomic E-state index is 0.0669. The zero-order valence-electron chi connectivity index (χ0n) is 16.7. The van der Waals surface area contributed by atoms with Crippen molar-refractivity contribution in [1.82, 2.24) is 20.5 Å². The van der Waals surface area contributed by atoms with E-state index < -0.39 is 6.04 Å². The number of nitrogens with one attached hydrogen (secondary N) is 2. The van der Waals surface area contributed by atoms with Crippen LogP contribution in [0.15, 0.2) is 21.9 Å². The lowest BCUT2D eigenvalue weighted by molar-refractivity contribution is -0.134. The molecule has 0 saturated carbocycles. The second-order valence-corrected chi connectivity index (χ2v) is 8.45. The highest BCUT2D eigenvalue weighted by molar-refractivity contribution is 7.13. The average molecular weight is 405 g/mol. The first-order chi connectivity index (χ1) is 13.4. The molecule has 152 valence electrons. The van der Waals surface area contributed by atoms with E-state index in [1.807, 2.05) is 24.4 Å². The van der Waals surface area contributed by atoms with Gasteiger partial charge in [0.15, 0.2) is 0 Å². The van der Waals surface area contributed by atoms with Crippen molar-refractivity contribution in [3.05, 3.63) is 29.0 Å². The normalized spacial score (nSPS) is 17.7. The fourth-order valence-electron chi connectivity index (χ4n) is 3.20. The first-order valence-electron chi connectivity index (χ1n) is 9.72. The maximum absolute atomic E-state index is 12.5. The molecule has 7 nitrogen and oxygen atoms in total. The van der Waals surface area contributed by atoms with Crippen molar-refractivity contribution in [2.24, 2.45) is 5.92 Å². The van der Waals surface area contributed by atoms with Crippen molar-refractivity contribution in [2.45, 2.75) is 46.2 Å². The van der Waals surface area contributed by atoms with E-state index in [2.05, 4.69) is 34.4 Å². The molecule has 1 fully saturated rings.